The Morgan fingerprint density at radius 1 is 1.27 bits per heavy atom. The molecule has 1 N–H and O–H groups in total. The number of nitrogens with one attached hydrogen (secondary N) is 1. The van der Waals surface area contributed by atoms with Crippen LogP contribution in [0, 0.1) is 5.82 Å². The zero-order valence-corrected chi connectivity index (χ0v) is 8.38. The normalized spacial score (nSPS) is 10.3. The van der Waals surface area contributed by atoms with Crippen molar-refractivity contribution in [2.75, 3.05) is 0 Å². The van der Waals surface area contributed by atoms with Gasteiger partial charge in [-0.1, -0.05) is 17.7 Å². The lowest BCUT2D eigenvalue weighted by Crippen LogP contribution is -2.03. The Morgan fingerprint density at radius 3 is 2.73 bits per heavy atom. The number of carbonyl (C=O) groups excluding carboxylic acids is 1. The van der Waals surface area contributed by atoms with Gasteiger partial charge in [0.2, 0.25) is 5.78 Å². The summed E-state index contributed by atoms with van der Waals surface area (Å²) in [7, 11) is 0. The Morgan fingerprint density at radius 2 is 2.07 bits per heavy atom. The van der Waals surface area contributed by atoms with Crippen molar-refractivity contribution in [2.24, 2.45) is 0 Å². The second kappa shape index (κ2) is 3.87. The molecule has 0 saturated carbocycles. The summed E-state index contributed by atoms with van der Waals surface area (Å²) in [6.45, 7) is 0. The first-order valence-corrected chi connectivity index (χ1v) is 4.70. The lowest BCUT2D eigenvalue weighted by Gasteiger charge is -2.02. The number of hydrogen-bond donors (Lipinski definition) is 1. The first kappa shape index (κ1) is 9.93. The maximum Gasteiger partial charge on any atom is 0.210 e. The van der Waals surface area contributed by atoms with Crippen LogP contribution < -0.4 is 0 Å². The number of aromatic nitrogens is 1. The number of H-pyrrole nitrogens is 1. The third-order valence-electron chi connectivity index (χ3n) is 2.04. The number of benzene rings is 1. The lowest BCUT2D eigenvalue weighted by molar-refractivity contribution is 0.103. The van der Waals surface area contributed by atoms with Crippen LogP contribution in [0.15, 0.2) is 36.5 Å². The Kier molecular flexibility index (Phi) is 2.56. The number of halogens is 2. The Balaban J connectivity index is 2.47. The van der Waals surface area contributed by atoms with Crippen LogP contribution in [0.25, 0.3) is 0 Å². The van der Waals surface area contributed by atoms with E-state index in [2.05, 4.69) is 4.98 Å². The highest BCUT2D eigenvalue weighted by Crippen LogP contribution is 2.21. The van der Waals surface area contributed by atoms with E-state index < -0.39 is 5.82 Å². The van der Waals surface area contributed by atoms with E-state index in [1.807, 2.05) is 0 Å². The monoisotopic (exact) mass is 223 g/mol. The standard InChI is InChI=1S/C11H7ClFNO/c12-10-7(3-1-4-8(10)13)11(15)9-5-2-6-14-9/h1-6,14H. The van der Waals surface area contributed by atoms with Crippen LogP contribution in [0.4, 0.5) is 4.39 Å². The van der Waals surface area contributed by atoms with Crippen LogP contribution in [-0.2, 0) is 0 Å². The summed E-state index contributed by atoms with van der Waals surface area (Å²) >= 11 is 5.70. The van der Waals surface area contributed by atoms with Gasteiger partial charge in [0.1, 0.15) is 5.82 Å². The van der Waals surface area contributed by atoms with Gasteiger partial charge in [0.05, 0.1) is 10.7 Å². The average Bonchev–Trinajstić information content (AvgIpc) is 2.74. The molecule has 1 aromatic heterocycles. The molecule has 0 amide bonds. The van der Waals surface area contributed by atoms with Gasteiger partial charge in [0.15, 0.2) is 0 Å². The average molecular weight is 224 g/mol. The molecule has 0 aliphatic carbocycles. The zero-order valence-electron chi connectivity index (χ0n) is 7.63. The summed E-state index contributed by atoms with van der Waals surface area (Å²) in [4.78, 5) is 14.5. The molecule has 0 spiro atoms. The van der Waals surface area contributed by atoms with Gasteiger partial charge < -0.3 is 4.98 Å². The van der Waals surface area contributed by atoms with E-state index >= 15 is 0 Å². The summed E-state index contributed by atoms with van der Waals surface area (Å²) in [5.74, 6) is -0.904. The van der Waals surface area contributed by atoms with E-state index in [-0.39, 0.29) is 16.4 Å². The van der Waals surface area contributed by atoms with Crippen molar-refractivity contribution in [2.45, 2.75) is 0 Å². The molecule has 0 fully saturated rings. The van der Waals surface area contributed by atoms with Crippen LogP contribution in [-0.4, -0.2) is 10.8 Å². The molecule has 2 nitrogen and oxygen atoms in total. The second-order valence-corrected chi connectivity index (χ2v) is 3.39. The van der Waals surface area contributed by atoms with Gasteiger partial charge in [0.25, 0.3) is 0 Å². The van der Waals surface area contributed by atoms with E-state index in [1.54, 1.807) is 18.3 Å². The fraction of sp³-hybridized carbons (Fsp3) is 0. The molecule has 0 atom stereocenters. The van der Waals surface area contributed by atoms with Crippen LogP contribution >= 0.6 is 11.6 Å². The molecule has 1 aromatic carbocycles. The summed E-state index contributed by atoms with van der Waals surface area (Å²) < 4.78 is 13.1. The van der Waals surface area contributed by atoms with Gasteiger partial charge in [0, 0.05) is 11.8 Å². The van der Waals surface area contributed by atoms with E-state index in [9.17, 15) is 9.18 Å². The third kappa shape index (κ3) is 1.78. The first-order chi connectivity index (χ1) is 7.20. The summed E-state index contributed by atoms with van der Waals surface area (Å²) in [5, 5.41) is -0.142. The summed E-state index contributed by atoms with van der Waals surface area (Å²) in [6.07, 6.45) is 1.63. The maximum absolute atomic E-state index is 13.1. The molecule has 2 aromatic rings. The van der Waals surface area contributed by atoms with Crippen LogP contribution in [0.5, 0.6) is 0 Å². The first-order valence-electron chi connectivity index (χ1n) is 4.32. The minimum Gasteiger partial charge on any atom is -0.359 e. The number of ketones is 1. The number of hydrogen-bond acceptors (Lipinski definition) is 1. The largest absolute Gasteiger partial charge is 0.359 e. The maximum atomic E-state index is 13.1. The minimum absolute atomic E-state index is 0.142. The number of aromatic amines is 1. The van der Waals surface area contributed by atoms with E-state index in [0.717, 1.165) is 0 Å². The molecular weight excluding hydrogens is 217 g/mol. The molecule has 2 rings (SSSR count). The third-order valence-corrected chi connectivity index (χ3v) is 2.42. The molecule has 0 aliphatic rings. The van der Waals surface area contributed by atoms with Crippen molar-refractivity contribution in [3.63, 3.8) is 0 Å². The van der Waals surface area contributed by atoms with Crippen molar-refractivity contribution in [1.29, 1.82) is 0 Å². The van der Waals surface area contributed by atoms with Crippen LogP contribution in [0.2, 0.25) is 5.02 Å². The molecular formula is C11H7ClFNO. The number of carbonyl (C=O) groups is 1. The Hall–Kier alpha value is -1.61. The van der Waals surface area contributed by atoms with Crippen molar-refractivity contribution in [1.82, 2.24) is 4.98 Å². The molecule has 1 heterocycles. The van der Waals surface area contributed by atoms with Gasteiger partial charge in [-0.15, -0.1) is 0 Å². The lowest BCUT2D eigenvalue weighted by atomic mass is 10.1. The molecule has 0 radical (unpaired) electrons. The minimum atomic E-state index is -0.589. The zero-order chi connectivity index (χ0) is 10.8. The second-order valence-electron chi connectivity index (χ2n) is 3.01. The van der Waals surface area contributed by atoms with Gasteiger partial charge in [-0.05, 0) is 24.3 Å². The fourth-order valence-electron chi connectivity index (χ4n) is 1.30. The Labute approximate surface area is 90.7 Å². The predicted molar refractivity (Wildman–Crippen MR) is 55.6 cm³/mol. The smallest absolute Gasteiger partial charge is 0.210 e. The molecule has 4 heteroatoms. The quantitative estimate of drug-likeness (QED) is 0.780. The van der Waals surface area contributed by atoms with Gasteiger partial charge in [-0.2, -0.15) is 0 Å². The molecule has 0 unspecified atom stereocenters. The van der Waals surface area contributed by atoms with Gasteiger partial charge >= 0.3 is 0 Å². The van der Waals surface area contributed by atoms with Crippen molar-refractivity contribution in [3.8, 4) is 0 Å². The van der Waals surface area contributed by atoms with E-state index in [1.165, 1.54) is 18.2 Å². The van der Waals surface area contributed by atoms with Crippen molar-refractivity contribution >= 4 is 17.4 Å². The topological polar surface area (TPSA) is 32.9 Å². The molecule has 0 saturated heterocycles. The van der Waals surface area contributed by atoms with Gasteiger partial charge in [-0.3, -0.25) is 4.79 Å². The Bertz CT molecular complexity index is 493. The summed E-state index contributed by atoms with van der Waals surface area (Å²) in [6, 6.07) is 7.48. The summed E-state index contributed by atoms with van der Waals surface area (Å²) in [5.41, 5.74) is 0.557. The predicted octanol–water partition coefficient (Wildman–Crippen LogP) is 3.04. The number of rotatable bonds is 2. The van der Waals surface area contributed by atoms with Crippen LogP contribution in [0.3, 0.4) is 0 Å². The molecule has 15 heavy (non-hydrogen) atoms. The highest BCUT2D eigenvalue weighted by Gasteiger charge is 2.15. The molecule has 0 aliphatic heterocycles. The van der Waals surface area contributed by atoms with Crippen molar-refractivity contribution in [3.05, 3.63) is 58.6 Å². The van der Waals surface area contributed by atoms with Gasteiger partial charge in [-0.25, -0.2) is 4.39 Å². The van der Waals surface area contributed by atoms with Crippen LogP contribution in [0.1, 0.15) is 16.1 Å². The SMILES string of the molecule is O=C(c1ccc[nH]1)c1cccc(F)c1Cl. The molecule has 76 valence electrons. The van der Waals surface area contributed by atoms with Crippen molar-refractivity contribution < 1.29 is 9.18 Å². The molecule has 0 bridgehead atoms. The van der Waals surface area contributed by atoms with E-state index in [4.69, 9.17) is 11.6 Å². The fourth-order valence-corrected chi connectivity index (χ4v) is 1.51. The highest BCUT2D eigenvalue weighted by atomic mass is 35.5. The van der Waals surface area contributed by atoms with E-state index in [0.29, 0.717) is 5.69 Å². The highest BCUT2D eigenvalue weighted by molar-refractivity contribution is 6.35.